The third-order valence-electron chi connectivity index (χ3n) is 6.58. The predicted octanol–water partition coefficient (Wildman–Crippen LogP) is 4.44. The van der Waals surface area contributed by atoms with Gasteiger partial charge in [0.25, 0.3) is 0 Å². The van der Waals surface area contributed by atoms with Crippen LogP contribution in [0, 0.1) is 5.82 Å². The summed E-state index contributed by atoms with van der Waals surface area (Å²) in [7, 11) is 1.28. The van der Waals surface area contributed by atoms with Crippen molar-refractivity contribution in [1.82, 2.24) is 20.3 Å². The van der Waals surface area contributed by atoms with E-state index in [0.717, 1.165) is 0 Å². The van der Waals surface area contributed by atoms with Crippen LogP contribution in [0.2, 0.25) is 0 Å². The smallest absolute Gasteiger partial charge is 0.337 e. The summed E-state index contributed by atoms with van der Waals surface area (Å²) in [6.07, 6.45) is 0.640. The molecule has 3 aromatic carbocycles. The Balaban J connectivity index is 1.83. The molecule has 0 bridgehead atoms. The van der Waals surface area contributed by atoms with Gasteiger partial charge in [0.2, 0.25) is 11.8 Å². The Morgan fingerprint density at radius 3 is 2.33 bits per heavy atom. The highest BCUT2D eigenvalue weighted by atomic mass is 19.1. The molecule has 1 heterocycles. The summed E-state index contributed by atoms with van der Waals surface area (Å²) < 4.78 is 20.1. The van der Waals surface area contributed by atoms with E-state index in [0.29, 0.717) is 28.7 Å². The number of nitrogens with zero attached hydrogens (tertiary/aromatic N) is 4. The largest absolute Gasteiger partial charge is 0.465 e. The number of fused-ring (bicyclic) bond motifs is 1. The lowest BCUT2D eigenvalue weighted by atomic mass is 9.98. The molecule has 0 saturated heterocycles. The van der Waals surface area contributed by atoms with Crippen molar-refractivity contribution in [3.8, 4) is 0 Å². The Hall–Kier alpha value is -4.60. The molecular formula is C29H30FN5O4. The molecule has 10 heteroatoms. The fraction of sp³-hybridized carbons (Fsp3) is 0.276. The maximum atomic E-state index is 14.0. The van der Waals surface area contributed by atoms with Crippen LogP contribution in [0.5, 0.6) is 0 Å². The van der Waals surface area contributed by atoms with Crippen molar-refractivity contribution in [2.45, 2.75) is 45.3 Å². The zero-order chi connectivity index (χ0) is 28.2. The zero-order valence-electron chi connectivity index (χ0n) is 22.2. The summed E-state index contributed by atoms with van der Waals surface area (Å²) in [6, 6.07) is 17.7. The summed E-state index contributed by atoms with van der Waals surface area (Å²) in [5.41, 5.74) is 1.76. The predicted molar refractivity (Wildman–Crippen MR) is 144 cm³/mol. The number of halogens is 1. The topological polar surface area (TPSA) is 106 Å². The van der Waals surface area contributed by atoms with Crippen LogP contribution in [0.1, 0.15) is 49.2 Å². The lowest BCUT2D eigenvalue weighted by Crippen LogP contribution is -2.51. The summed E-state index contributed by atoms with van der Waals surface area (Å²) in [5, 5.41) is 11.3. The van der Waals surface area contributed by atoms with E-state index in [4.69, 9.17) is 4.74 Å². The van der Waals surface area contributed by atoms with Crippen molar-refractivity contribution in [1.29, 1.82) is 0 Å². The molecule has 4 aromatic rings. The molecule has 0 aliphatic carbocycles. The van der Waals surface area contributed by atoms with E-state index in [2.05, 4.69) is 15.6 Å². The molecule has 1 unspecified atom stereocenters. The highest BCUT2D eigenvalue weighted by Crippen LogP contribution is 2.30. The Kier molecular flexibility index (Phi) is 8.04. The number of amides is 2. The van der Waals surface area contributed by atoms with E-state index in [9.17, 15) is 18.8 Å². The van der Waals surface area contributed by atoms with Crippen molar-refractivity contribution < 1.29 is 23.5 Å². The first-order chi connectivity index (χ1) is 18.6. The first-order valence-electron chi connectivity index (χ1n) is 12.5. The first kappa shape index (κ1) is 27.4. The highest BCUT2D eigenvalue weighted by molar-refractivity contribution is 6.02. The molecular weight excluding hydrogens is 501 g/mol. The van der Waals surface area contributed by atoms with Crippen molar-refractivity contribution in [3.05, 3.63) is 89.7 Å². The van der Waals surface area contributed by atoms with Crippen molar-refractivity contribution in [2.75, 3.05) is 12.0 Å². The molecule has 0 fully saturated rings. The van der Waals surface area contributed by atoms with Crippen LogP contribution in [0.15, 0.2) is 72.8 Å². The molecule has 9 nitrogen and oxygen atoms in total. The van der Waals surface area contributed by atoms with Gasteiger partial charge in [-0.25, -0.2) is 13.9 Å². The molecule has 0 saturated carbocycles. The molecule has 1 atom stereocenters. The zero-order valence-corrected chi connectivity index (χ0v) is 22.2. The van der Waals surface area contributed by atoms with Gasteiger partial charge in [-0.05, 0) is 74.4 Å². The lowest BCUT2D eigenvalue weighted by Gasteiger charge is -2.34. The molecule has 1 N–H and O–H groups in total. The second kappa shape index (κ2) is 11.4. The SMILES string of the molecule is CCC(C)(C)NC(=O)C(c1ccc(F)cc1)N(C(=O)Cn1nnc2ccccc21)c1ccc(C(=O)OC)cc1. The number of esters is 1. The summed E-state index contributed by atoms with van der Waals surface area (Å²) in [4.78, 5) is 41.3. The van der Waals surface area contributed by atoms with Crippen LogP contribution in [0.3, 0.4) is 0 Å². The van der Waals surface area contributed by atoms with E-state index in [-0.39, 0.29) is 12.1 Å². The van der Waals surface area contributed by atoms with E-state index in [1.165, 1.54) is 53.1 Å². The quantitative estimate of drug-likeness (QED) is 0.320. The van der Waals surface area contributed by atoms with Gasteiger partial charge in [0.05, 0.1) is 18.2 Å². The second-order valence-corrected chi connectivity index (χ2v) is 9.72. The van der Waals surface area contributed by atoms with Crippen molar-refractivity contribution >= 4 is 34.5 Å². The molecule has 0 aliphatic heterocycles. The van der Waals surface area contributed by atoms with Crippen LogP contribution in [0.25, 0.3) is 11.0 Å². The number of benzene rings is 3. The summed E-state index contributed by atoms with van der Waals surface area (Å²) in [5.74, 6) is -1.91. The fourth-order valence-electron chi connectivity index (χ4n) is 4.10. The first-order valence-corrected chi connectivity index (χ1v) is 12.5. The van der Waals surface area contributed by atoms with Crippen molar-refractivity contribution in [2.24, 2.45) is 0 Å². The Morgan fingerprint density at radius 1 is 1.03 bits per heavy atom. The average molecular weight is 532 g/mol. The van der Waals surface area contributed by atoms with E-state index in [1.807, 2.05) is 32.9 Å². The standard InChI is InChI=1S/C29H30FN5O4/c1-5-29(2,3)31-27(37)26(19-10-14-21(30)15-11-19)35(22-16-12-20(13-17-22)28(38)39-4)25(36)18-34-24-9-7-6-8-23(24)32-33-34/h6-17,26H,5,18H2,1-4H3,(H,31,37). The maximum Gasteiger partial charge on any atom is 0.337 e. The minimum Gasteiger partial charge on any atom is -0.465 e. The number of carbonyl (C=O) groups excluding carboxylic acids is 3. The number of hydrogen-bond donors (Lipinski definition) is 1. The Bertz CT molecular complexity index is 1480. The fourth-order valence-corrected chi connectivity index (χ4v) is 4.10. The van der Waals surface area contributed by atoms with Crippen LogP contribution in [-0.2, 0) is 20.9 Å². The maximum absolute atomic E-state index is 14.0. The molecule has 0 radical (unpaired) electrons. The van der Waals surface area contributed by atoms with Gasteiger partial charge in [0, 0.05) is 11.2 Å². The lowest BCUT2D eigenvalue weighted by molar-refractivity contribution is -0.128. The van der Waals surface area contributed by atoms with Crippen LogP contribution in [-0.4, -0.2) is 45.4 Å². The van der Waals surface area contributed by atoms with E-state index >= 15 is 0 Å². The van der Waals surface area contributed by atoms with Gasteiger partial charge in [-0.15, -0.1) is 5.10 Å². The number of anilines is 1. The third kappa shape index (κ3) is 6.11. The molecule has 202 valence electrons. The second-order valence-electron chi connectivity index (χ2n) is 9.72. The molecule has 0 spiro atoms. The molecule has 1 aromatic heterocycles. The van der Waals surface area contributed by atoms with Crippen LogP contribution in [0.4, 0.5) is 10.1 Å². The summed E-state index contributed by atoms with van der Waals surface area (Å²) >= 11 is 0. The highest BCUT2D eigenvalue weighted by Gasteiger charge is 2.35. The number of methoxy groups -OCH3 is 1. The van der Waals surface area contributed by atoms with E-state index < -0.39 is 35.2 Å². The number of aromatic nitrogens is 3. The molecule has 0 aliphatic rings. The normalized spacial score (nSPS) is 12.1. The Morgan fingerprint density at radius 2 is 1.69 bits per heavy atom. The number of nitrogens with one attached hydrogen (secondary N) is 1. The monoisotopic (exact) mass is 531 g/mol. The van der Waals surface area contributed by atoms with E-state index in [1.54, 1.807) is 24.3 Å². The van der Waals surface area contributed by atoms with Crippen molar-refractivity contribution in [3.63, 3.8) is 0 Å². The number of hydrogen-bond acceptors (Lipinski definition) is 6. The summed E-state index contributed by atoms with van der Waals surface area (Å²) in [6.45, 7) is 5.48. The van der Waals surface area contributed by atoms with Gasteiger partial charge in [-0.2, -0.15) is 0 Å². The minimum atomic E-state index is -1.15. The van der Waals surface area contributed by atoms with Gasteiger partial charge in [-0.1, -0.05) is 36.4 Å². The number of para-hydroxylation sites is 1. The number of carbonyl (C=O) groups is 3. The molecule has 2 amide bonds. The van der Waals surface area contributed by atoms with Crippen LogP contribution < -0.4 is 10.2 Å². The number of rotatable bonds is 9. The van der Waals surface area contributed by atoms with Gasteiger partial charge in [0.15, 0.2) is 0 Å². The molecule has 39 heavy (non-hydrogen) atoms. The third-order valence-corrected chi connectivity index (χ3v) is 6.58. The van der Waals surface area contributed by atoms with Gasteiger partial charge < -0.3 is 10.1 Å². The van der Waals surface area contributed by atoms with Crippen LogP contribution >= 0.6 is 0 Å². The van der Waals surface area contributed by atoms with Gasteiger partial charge in [-0.3, -0.25) is 14.5 Å². The minimum absolute atomic E-state index is 0.221. The van der Waals surface area contributed by atoms with Gasteiger partial charge >= 0.3 is 5.97 Å². The average Bonchev–Trinajstić information content (AvgIpc) is 3.34. The van der Waals surface area contributed by atoms with Gasteiger partial charge in [0.1, 0.15) is 23.9 Å². The molecule has 4 rings (SSSR count). The Labute approximate surface area is 225 Å². The number of ether oxygens (including phenoxy) is 1.